The number of ether oxygens (including phenoxy) is 1. The molecule has 0 aliphatic heterocycles. The Labute approximate surface area is 166 Å². The van der Waals surface area contributed by atoms with Crippen LogP contribution in [0, 0.1) is 12.8 Å². The number of benzene rings is 2. The lowest BCUT2D eigenvalue weighted by Crippen LogP contribution is -2.24. The molecule has 0 spiro atoms. The maximum absolute atomic E-state index is 13.2. The summed E-state index contributed by atoms with van der Waals surface area (Å²) in [5.74, 6) is 0.235. The van der Waals surface area contributed by atoms with E-state index in [9.17, 15) is 9.59 Å². The summed E-state index contributed by atoms with van der Waals surface area (Å²) in [5, 5.41) is 3.31. The summed E-state index contributed by atoms with van der Waals surface area (Å²) >= 11 is 1.24. The Morgan fingerprint density at radius 3 is 2.71 bits per heavy atom. The molecule has 144 valence electrons. The Hall–Kier alpha value is -2.93. The number of aromatic nitrogens is 1. The van der Waals surface area contributed by atoms with Crippen LogP contribution in [0.5, 0.6) is 5.75 Å². The number of nitrogens with zero attached hydrogens (tertiary/aromatic N) is 1. The summed E-state index contributed by atoms with van der Waals surface area (Å²) in [6.45, 7) is 1.93. The minimum Gasteiger partial charge on any atom is -0.496 e. The molecule has 1 saturated carbocycles. The molecule has 1 heterocycles. The van der Waals surface area contributed by atoms with Crippen LogP contribution >= 0.6 is 11.3 Å². The first-order valence-electron chi connectivity index (χ1n) is 9.17. The first kappa shape index (κ1) is 18.4. The van der Waals surface area contributed by atoms with Gasteiger partial charge in [0.15, 0.2) is 10.9 Å². The Morgan fingerprint density at radius 2 is 2.04 bits per heavy atom. The van der Waals surface area contributed by atoms with Crippen molar-refractivity contribution >= 4 is 44.1 Å². The molecule has 7 heteroatoms. The first-order chi connectivity index (χ1) is 13.5. The standard InChI is InChI=1S/C21H21N3O3S/c1-11-6-7-13(18(25)12-4-3-5-12)15(10-11)23-20(26)17-16(27-2)9-8-14-19(17)28-21(22)24-14/h6-10,12H,3-5H2,1-2H3,(H2,22,24)(H,23,26). The van der Waals surface area contributed by atoms with Crippen molar-refractivity contribution in [3.8, 4) is 5.75 Å². The topological polar surface area (TPSA) is 94.3 Å². The normalized spacial score (nSPS) is 13.9. The summed E-state index contributed by atoms with van der Waals surface area (Å²) in [6, 6.07) is 9.00. The summed E-state index contributed by atoms with van der Waals surface area (Å²) < 4.78 is 6.06. The van der Waals surface area contributed by atoms with Crippen molar-refractivity contribution in [1.29, 1.82) is 0 Å². The number of nitrogens with two attached hydrogens (primary N) is 1. The predicted octanol–water partition coefficient (Wildman–Crippen LogP) is 4.43. The number of methoxy groups -OCH3 is 1. The van der Waals surface area contributed by atoms with Crippen molar-refractivity contribution in [3.05, 3.63) is 47.0 Å². The van der Waals surface area contributed by atoms with Crippen LogP contribution in [0.25, 0.3) is 10.2 Å². The largest absolute Gasteiger partial charge is 0.496 e. The number of amides is 1. The van der Waals surface area contributed by atoms with Crippen molar-refractivity contribution in [3.63, 3.8) is 0 Å². The van der Waals surface area contributed by atoms with E-state index in [-0.39, 0.29) is 17.6 Å². The number of ketones is 1. The zero-order valence-corrected chi connectivity index (χ0v) is 16.6. The van der Waals surface area contributed by atoms with Crippen molar-refractivity contribution in [2.75, 3.05) is 18.2 Å². The third-order valence-electron chi connectivity index (χ3n) is 5.15. The molecular weight excluding hydrogens is 374 g/mol. The van der Waals surface area contributed by atoms with Crippen molar-refractivity contribution in [2.45, 2.75) is 26.2 Å². The van der Waals surface area contributed by atoms with Gasteiger partial charge in [-0.2, -0.15) is 0 Å². The zero-order valence-electron chi connectivity index (χ0n) is 15.7. The molecule has 0 atom stereocenters. The smallest absolute Gasteiger partial charge is 0.260 e. The van der Waals surface area contributed by atoms with Gasteiger partial charge in [-0.25, -0.2) is 4.98 Å². The number of nitrogens with one attached hydrogen (secondary N) is 1. The molecule has 1 aliphatic carbocycles. The van der Waals surface area contributed by atoms with E-state index in [1.54, 1.807) is 18.2 Å². The second kappa shape index (κ2) is 7.24. The number of anilines is 2. The molecule has 0 radical (unpaired) electrons. The third kappa shape index (κ3) is 3.22. The van der Waals surface area contributed by atoms with E-state index in [4.69, 9.17) is 10.5 Å². The molecule has 0 unspecified atom stereocenters. The lowest BCUT2D eigenvalue weighted by Gasteiger charge is -2.25. The first-order valence-corrected chi connectivity index (χ1v) is 9.99. The lowest BCUT2D eigenvalue weighted by atomic mass is 9.79. The molecule has 1 aliphatic rings. The van der Waals surface area contributed by atoms with Gasteiger partial charge in [-0.15, -0.1) is 0 Å². The molecule has 6 nitrogen and oxygen atoms in total. The van der Waals surface area contributed by atoms with E-state index in [0.717, 1.165) is 24.8 Å². The van der Waals surface area contributed by atoms with Crippen LogP contribution in [0.3, 0.4) is 0 Å². The van der Waals surface area contributed by atoms with Crippen molar-refractivity contribution in [1.82, 2.24) is 4.98 Å². The molecule has 28 heavy (non-hydrogen) atoms. The average Bonchev–Trinajstić information content (AvgIpc) is 2.99. The third-order valence-corrected chi connectivity index (χ3v) is 6.07. The summed E-state index contributed by atoms with van der Waals surface area (Å²) in [4.78, 5) is 30.3. The minimum atomic E-state index is -0.348. The summed E-state index contributed by atoms with van der Waals surface area (Å²) in [6.07, 6.45) is 2.90. The Morgan fingerprint density at radius 1 is 1.25 bits per heavy atom. The number of carbonyl (C=O) groups excluding carboxylic acids is 2. The van der Waals surface area contributed by atoms with E-state index in [1.807, 2.05) is 19.1 Å². The SMILES string of the molecule is COc1ccc2nc(N)sc2c1C(=O)Nc1cc(C)ccc1C(=O)C1CCC1. The molecule has 4 rings (SSSR count). The van der Waals surface area contributed by atoms with E-state index in [2.05, 4.69) is 10.3 Å². The highest BCUT2D eigenvalue weighted by Crippen LogP contribution is 2.35. The minimum absolute atomic E-state index is 0.0534. The van der Waals surface area contributed by atoms with Gasteiger partial charge in [-0.3, -0.25) is 9.59 Å². The fourth-order valence-corrected chi connectivity index (χ4v) is 4.29. The zero-order chi connectivity index (χ0) is 19.8. The van der Waals surface area contributed by atoms with Gasteiger partial charge in [0.1, 0.15) is 11.3 Å². The maximum Gasteiger partial charge on any atom is 0.260 e. The maximum atomic E-state index is 13.2. The number of nitrogen functional groups attached to an aromatic ring is 1. The number of Topliss-reactive ketones (excluding diaryl/α,β-unsaturated/α-hetero) is 1. The number of rotatable bonds is 5. The van der Waals surface area contributed by atoms with E-state index < -0.39 is 0 Å². The Kier molecular flexibility index (Phi) is 4.77. The van der Waals surface area contributed by atoms with Crippen LogP contribution in [0.4, 0.5) is 10.8 Å². The number of aryl methyl sites for hydroxylation is 1. The molecule has 0 saturated heterocycles. The molecule has 2 aromatic carbocycles. The van der Waals surface area contributed by atoms with Crippen molar-refractivity contribution in [2.24, 2.45) is 5.92 Å². The van der Waals surface area contributed by atoms with Gasteiger partial charge in [-0.05, 0) is 49.6 Å². The lowest BCUT2D eigenvalue weighted by molar-refractivity contribution is 0.0856. The molecular formula is C21H21N3O3S. The van der Waals surface area contributed by atoms with Crippen LogP contribution in [0.1, 0.15) is 45.5 Å². The van der Waals surface area contributed by atoms with Crippen LogP contribution in [0.2, 0.25) is 0 Å². The molecule has 1 amide bonds. The van der Waals surface area contributed by atoms with E-state index in [0.29, 0.717) is 37.9 Å². The number of hydrogen-bond donors (Lipinski definition) is 2. The molecule has 1 fully saturated rings. The molecule has 1 aromatic heterocycles. The number of hydrogen-bond acceptors (Lipinski definition) is 6. The summed E-state index contributed by atoms with van der Waals surface area (Å²) in [5.41, 5.74) is 8.89. The molecule has 3 aromatic rings. The summed E-state index contributed by atoms with van der Waals surface area (Å²) in [7, 11) is 1.51. The fraction of sp³-hybridized carbons (Fsp3) is 0.286. The van der Waals surface area contributed by atoms with Crippen LogP contribution in [-0.4, -0.2) is 23.8 Å². The monoisotopic (exact) mass is 395 g/mol. The van der Waals surface area contributed by atoms with Gasteiger partial charge < -0.3 is 15.8 Å². The average molecular weight is 395 g/mol. The van der Waals surface area contributed by atoms with Crippen LogP contribution < -0.4 is 15.8 Å². The van der Waals surface area contributed by atoms with Crippen LogP contribution in [0.15, 0.2) is 30.3 Å². The predicted molar refractivity (Wildman–Crippen MR) is 111 cm³/mol. The number of fused-ring (bicyclic) bond motifs is 1. The van der Waals surface area contributed by atoms with Crippen LogP contribution in [-0.2, 0) is 0 Å². The van der Waals surface area contributed by atoms with Gasteiger partial charge in [0.05, 0.1) is 23.0 Å². The van der Waals surface area contributed by atoms with Gasteiger partial charge in [0.25, 0.3) is 5.91 Å². The van der Waals surface area contributed by atoms with E-state index in [1.165, 1.54) is 18.4 Å². The Balaban J connectivity index is 1.74. The van der Waals surface area contributed by atoms with Gasteiger partial charge in [-0.1, -0.05) is 23.8 Å². The van der Waals surface area contributed by atoms with E-state index >= 15 is 0 Å². The van der Waals surface area contributed by atoms with Gasteiger partial charge in [0.2, 0.25) is 0 Å². The highest BCUT2D eigenvalue weighted by Gasteiger charge is 2.28. The Bertz CT molecular complexity index is 1090. The number of thiazole rings is 1. The molecule has 3 N–H and O–H groups in total. The highest BCUT2D eigenvalue weighted by atomic mass is 32.1. The second-order valence-corrected chi connectivity index (χ2v) is 8.07. The molecule has 0 bridgehead atoms. The number of carbonyl (C=O) groups is 2. The fourth-order valence-electron chi connectivity index (χ4n) is 3.43. The quantitative estimate of drug-likeness (QED) is 0.623. The highest BCUT2D eigenvalue weighted by molar-refractivity contribution is 7.22. The van der Waals surface area contributed by atoms with Crippen molar-refractivity contribution < 1.29 is 14.3 Å². The second-order valence-electron chi connectivity index (χ2n) is 7.04. The van der Waals surface area contributed by atoms with Gasteiger partial charge in [0, 0.05) is 11.5 Å². The van der Waals surface area contributed by atoms with Gasteiger partial charge >= 0.3 is 0 Å².